The number of rotatable bonds is 4. The molecule has 0 aliphatic rings. The van der Waals surface area contributed by atoms with Gasteiger partial charge in [-0.25, -0.2) is 0 Å². The van der Waals surface area contributed by atoms with Crippen molar-refractivity contribution in [1.29, 1.82) is 0 Å². The Morgan fingerprint density at radius 3 is 2.73 bits per heavy atom. The maximum absolute atomic E-state index is 5.83. The predicted octanol–water partition coefficient (Wildman–Crippen LogP) is 3.89. The number of nitrogens with one attached hydrogen (secondary N) is 1. The van der Waals surface area contributed by atoms with E-state index in [9.17, 15) is 0 Å². The average Bonchev–Trinajstić information content (AvgIpc) is 2.76. The van der Waals surface area contributed by atoms with E-state index in [4.69, 9.17) is 16.0 Å². The maximum Gasteiger partial charge on any atom is 0.164 e. The zero-order valence-corrected chi connectivity index (χ0v) is 11.5. The molecule has 0 saturated heterocycles. The molecule has 2 rings (SSSR count). The van der Waals surface area contributed by atoms with Gasteiger partial charge in [0.1, 0.15) is 5.76 Å². The normalized spacial score (nSPS) is 10.8. The van der Waals surface area contributed by atoms with Gasteiger partial charge in [0.2, 0.25) is 0 Å². The first kappa shape index (κ1) is 11.4. The van der Waals surface area contributed by atoms with E-state index in [0.29, 0.717) is 0 Å². The van der Waals surface area contributed by atoms with E-state index < -0.39 is 0 Å². The van der Waals surface area contributed by atoms with Crippen molar-refractivity contribution in [2.45, 2.75) is 13.1 Å². The minimum atomic E-state index is 0.749. The molecule has 0 radical (unpaired) electrons. The summed E-state index contributed by atoms with van der Waals surface area (Å²) in [6, 6.07) is 7.89. The first-order valence-corrected chi connectivity index (χ1v) is 6.70. The lowest BCUT2D eigenvalue weighted by molar-refractivity contribution is 0.463. The third kappa shape index (κ3) is 3.48. The molecule has 0 bridgehead atoms. The second-order valence-electron chi connectivity index (χ2n) is 3.02. The first-order valence-electron chi connectivity index (χ1n) is 4.43. The van der Waals surface area contributed by atoms with Crippen LogP contribution in [0.1, 0.15) is 10.6 Å². The Morgan fingerprint density at radius 1 is 1.27 bits per heavy atom. The molecular formula is C10H9ClINOS. The fourth-order valence-electron chi connectivity index (χ4n) is 1.20. The molecule has 0 fully saturated rings. The van der Waals surface area contributed by atoms with Gasteiger partial charge in [0, 0.05) is 11.4 Å². The summed E-state index contributed by atoms with van der Waals surface area (Å²) >= 11 is 9.59. The molecule has 0 unspecified atom stereocenters. The van der Waals surface area contributed by atoms with Gasteiger partial charge in [0.05, 0.1) is 10.9 Å². The monoisotopic (exact) mass is 353 g/mol. The lowest BCUT2D eigenvalue weighted by Gasteiger charge is -1.99. The number of hydrogen-bond acceptors (Lipinski definition) is 3. The molecule has 15 heavy (non-hydrogen) atoms. The molecule has 0 aliphatic heterocycles. The van der Waals surface area contributed by atoms with Crippen molar-refractivity contribution < 1.29 is 4.42 Å². The van der Waals surface area contributed by atoms with E-state index >= 15 is 0 Å². The minimum Gasteiger partial charge on any atom is -0.454 e. The van der Waals surface area contributed by atoms with Crippen LogP contribution in [0.15, 0.2) is 28.7 Å². The summed E-state index contributed by atoms with van der Waals surface area (Å²) < 4.78 is 7.18. The molecular weight excluding hydrogens is 345 g/mol. The standard InChI is InChI=1S/C10H9ClINOS/c11-9-3-2-8(15-9)6-13-5-7-1-4-10(12)14-7/h1-4,13H,5-6H2. The quantitative estimate of drug-likeness (QED) is 0.844. The fourth-order valence-corrected chi connectivity index (χ4v) is 2.72. The Hall–Kier alpha value is -0.0400. The average molecular weight is 354 g/mol. The zero-order valence-electron chi connectivity index (χ0n) is 7.80. The van der Waals surface area contributed by atoms with E-state index in [1.54, 1.807) is 11.3 Å². The molecule has 0 aromatic carbocycles. The Bertz CT molecular complexity index is 400. The Kier molecular flexibility index (Phi) is 4.07. The summed E-state index contributed by atoms with van der Waals surface area (Å²) in [5.41, 5.74) is 0. The molecule has 5 heteroatoms. The lowest BCUT2D eigenvalue weighted by Crippen LogP contribution is -2.10. The van der Waals surface area contributed by atoms with Crippen LogP contribution in [-0.4, -0.2) is 0 Å². The van der Waals surface area contributed by atoms with Crippen LogP contribution < -0.4 is 5.32 Å². The van der Waals surface area contributed by atoms with Crippen molar-refractivity contribution in [3.8, 4) is 0 Å². The summed E-state index contributed by atoms with van der Waals surface area (Å²) in [5, 5.41) is 3.30. The van der Waals surface area contributed by atoms with Crippen molar-refractivity contribution in [2.24, 2.45) is 0 Å². The smallest absolute Gasteiger partial charge is 0.164 e. The van der Waals surface area contributed by atoms with E-state index in [-0.39, 0.29) is 0 Å². The molecule has 2 aromatic rings. The molecule has 2 aromatic heterocycles. The maximum atomic E-state index is 5.83. The number of halogens is 2. The molecule has 80 valence electrons. The summed E-state index contributed by atoms with van der Waals surface area (Å²) in [6.45, 7) is 1.58. The van der Waals surface area contributed by atoms with Crippen molar-refractivity contribution >= 4 is 45.5 Å². The summed E-state index contributed by atoms with van der Waals surface area (Å²) in [7, 11) is 0. The van der Waals surface area contributed by atoms with Crippen LogP contribution in [0.3, 0.4) is 0 Å². The van der Waals surface area contributed by atoms with Gasteiger partial charge in [-0.3, -0.25) is 0 Å². The Balaban J connectivity index is 1.80. The second kappa shape index (κ2) is 5.34. The van der Waals surface area contributed by atoms with Gasteiger partial charge in [-0.05, 0) is 46.9 Å². The van der Waals surface area contributed by atoms with Crippen LogP contribution in [0, 0.1) is 3.77 Å². The molecule has 0 spiro atoms. The highest BCUT2D eigenvalue weighted by Gasteiger charge is 2.00. The molecule has 0 atom stereocenters. The van der Waals surface area contributed by atoms with Crippen molar-refractivity contribution in [2.75, 3.05) is 0 Å². The van der Waals surface area contributed by atoms with Crippen LogP contribution in [0.2, 0.25) is 4.34 Å². The summed E-state index contributed by atoms with van der Waals surface area (Å²) in [6.07, 6.45) is 0. The topological polar surface area (TPSA) is 25.2 Å². The Labute approximate surface area is 111 Å². The highest BCUT2D eigenvalue weighted by molar-refractivity contribution is 14.1. The second-order valence-corrected chi connectivity index (χ2v) is 5.88. The fraction of sp³-hybridized carbons (Fsp3) is 0.200. The molecule has 0 amide bonds. The van der Waals surface area contributed by atoms with Gasteiger partial charge in [-0.2, -0.15) is 0 Å². The molecule has 1 N–H and O–H groups in total. The highest BCUT2D eigenvalue weighted by atomic mass is 127. The largest absolute Gasteiger partial charge is 0.454 e. The molecule has 0 aliphatic carbocycles. The molecule has 2 heterocycles. The van der Waals surface area contributed by atoms with Crippen LogP contribution in [0.4, 0.5) is 0 Å². The van der Waals surface area contributed by atoms with Gasteiger partial charge in [0.15, 0.2) is 3.77 Å². The Morgan fingerprint density at radius 2 is 2.13 bits per heavy atom. The SMILES string of the molecule is Clc1ccc(CNCc2ccc(I)o2)s1. The number of thiophene rings is 1. The van der Waals surface area contributed by atoms with Gasteiger partial charge in [0.25, 0.3) is 0 Å². The lowest BCUT2D eigenvalue weighted by atomic mass is 10.4. The van der Waals surface area contributed by atoms with E-state index in [2.05, 4.69) is 27.9 Å². The van der Waals surface area contributed by atoms with Crippen LogP contribution in [0.25, 0.3) is 0 Å². The van der Waals surface area contributed by atoms with Gasteiger partial charge in [-0.15, -0.1) is 11.3 Å². The van der Waals surface area contributed by atoms with Gasteiger partial charge < -0.3 is 9.73 Å². The number of hydrogen-bond donors (Lipinski definition) is 1. The highest BCUT2D eigenvalue weighted by Crippen LogP contribution is 2.21. The first-order chi connectivity index (χ1) is 7.24. The predicted molar refractivity (Wildman–Crippen MR) is 71.3 cm³/mol. The van der Waals surface area contributed by atoms with Crippen molar-refractivity contribution in [1.82, 2.24) is 5.32 Å². The van der Waals surface area contributed by atoms with Crippen LogP contribution in [0.5, 0.6) is 0 Å². The molecule has 0 saturated carbocycles. The minimum absolute atomic E-state index is 0.749. The third-order valence-electron chi connectivity index (χ3n) is 1.86. The van der Waals surface area contributed by atoms with E-state index in [0.717, 1.165) is 27.0 Å². The van der Waals surface area contributed by atoms with Crippen LogP contribution >= 0.6 is 45.5 Å². The van der Waals surface area contributed by atoms with E-state index in [1.165, 1.54) is 4.88 Å². The summed E-state index contributed by atoms with van der Waals surface area (Å²) in [5.74, 6) is 0.960. The van der Waals surface area contributed by atoms with Crippen molar-refractivity contribution in [3.05, 3.63) is 43.0 Å². The summed E-state index contributed by atoms with van der Waals surface area (Å²) in [4.78, 5) is 1.24. The number of furan rings is 1. The van der Waals surface area contributed by atoms with Gasteiger partial charge >= 0.3 is 0 Å². The zero-order chi connectivity index (χ0) is 10.7. The van der Waals surface area contributed by atoms with Gasteiger partial charge in [-0.1, -0.05) is 11.6 Å². The van der Waals surface area contributed by atoms with E-state index in [1.807, 2.05) is 24.3 Å². The van der Waals surface area contributed by atoms with Crippen LogP contribution in [-0.2, 0) is 13.1 Å². The van der Waals surface area contributed by atoms with Crippen molar-refractivity contribution in [3.63, 3.8) is 0 Å². The third-order valence-corrected chi connectivity index (χ3v) is 3.67. The molecule has 2 nitrogen and oxygen atoms in total.